The summed E-state index contributed by atoms with van der Waals surface area (Å²) in [5, 5.41) is 0. The van der Waals surface area contributed by atoms with Crippen molar-refractivity contribution in [1.82, 2.24) is 9.97 Å². The highest BCUT2D eigenvalue weighted by atomic mass is 15.2. The molecule has 0 aromatic carbocycles. The maximum atomic E-state index is 4.54. The van der Waals surface area contributed by atoms with Gasteiger partial charge in [0.1, 0.15) is 12.1 Å². The van der Waals surface area contributed by atoms with Crippen molar-refractivity contribution in [3.8, 4) is 11.8 Å². The number of aromatic nitrogens is 2. The fourth-order valence-corrected chi connectivity index (χ4v) is 3.12. The highest BCUT2D eigenvalue weighted by Crippen LogP contribution is 2.50. The molecule has 1 aromatic heterocycles. The molecule has 2 atom stereocenters. The summed E-state index contributed by atoms with van der Waals surface area (Å²) < 4.78 is 0. The highest BCUT2D eigenvalue weighted by Gasteiger charge is 2.40. The molecule has 19 heavy (non-hydrogen) atoms. The first-order chi connectivity index (χ1) is 9.31. The van der Waals surface area contributed by atoms with Gasteiger partial charge in [-0.2, -0.15) is 0 Å². The normalized spacial score (nSPS) is 25.1. The Morgan fingerprint density at radius 3 is 2.84 bits per heavy atom. The summed E-state index contributed by atoms with van der Waals surface area (Å²) in [5.74, 6) is 8.68. The summed E-state index contributed by atoms with van der Waals surface area (Å²) in [4.78, 5) is 11.5. The van der Waals surface area contributed by atoms with Gasteiger partial charge in [0.25, 0.3) is 0 Å². The molecule has 0 amide bonds. The van der Waals surface area contributed by atoms with Gasteiger partial charge < -0.3 is 4.90 Å². The lowest BCUT2D eigenvalue weighted by Gasteiger charge is -2.19. The van der Waals surface area contributed by atoms with Crippen molar-refractivity contribution in [3.63, 3.8) is 0 Å². The molecule has 0 radical (unpaired) electrons. The summed E-state index contributed by atoms with van der Waals surface area (Å²) >= 11 is 0. The van der Waals surface area contributed by atoms with E-state index in [1.807, 2.05) is 6.92 Å². The van der Waals surface area contributed by atoms with Crippen molar-refractivity contribution in [1.29, 1.82) is 0 Å². The third kappa shape index (κ3) is 2.45. The third-order valence-corrected chi connectivity index (χ3v) is 4.32. The zero-order valence-corrected chi connectivity index (χ0v) is 11.8. The first-order valence-electron chi connectivity index (χ1n) is 7.27. The lowest BCUT2D eigenvalue weighted by Crippen LogP contribution is -2.21. The van der Waals surface area contributed by atoms with E-state index in [9.17, 15) is 0 Å². The average Bonchev–Trinajstić information content (AvgIpc) is 2.97. The van der Waals surface area contributed by atoms with Gasteiger partial charge in [-0.15, -0.1) is 11.8 Å². The van der Waals surface area contributed by atoms with Gasteiger partial charge in [-0.25, -0.2) is 9.97 Å². The third-order valence-electron chi connectivity index (χ3n) is 4.32. The fraction of sp³-hybridized carbons (Fsp3) is 0.625. The highest BCUT2D eigenvalue weighted by molar-refractivity contribution is 5.50. The van der Waals surface area contributed by atoms with Gasteiger partial charge in [0.2, 0.25) is 0 Å². The summed E-state index contributed by atoms with van der Waals surface area (Å²) in [5.41, 5.74) is 2.56. The Labute approximate surface area is 115 Å². The summed E-state index contributed by atoms with van der Waals surface area (Å²) in [6, 6.07) is 0. The van der Waals surface area contributed by atoms with Crippen molar-refractivity contribution in [2.45, 2.75) is 45.4 Å². The fourth-order valence-electron chi connectivity index (χ4n) is 3.12. The smallest absolute Gasteiger partial charge is 0.135 e. The maximum absolute atomic E-state index is 4.54. The summed E-state index contributed by atoms with van der Waals surface area (Å²) in [7, 11) is 0. The minimum atomic E-state index is 0.616. The van der Waals surface area contributed by atoms with E-state index in [1.54, 1.807) is 6.33 Å². The van der Waals surface area contributed by atoms with E-state index in [-0.39, 0.29) is 0 Å². The second-order valence-electron chi connectivity index (χ2n) is 5.63. The maximum Gasteiger partial charge on any atom is 0.135 e. The molecule has 2 aliphatic rings. The molecule has 3 rings (SSSR count). The monoisotopic (exact) mass is 255 g/mol. The Hall–Kier alpha value is -1.56. The number of hydrogen-bond donors (Lipinski definition) is 0. The SMILES string of the molecule is CC#CC[C@H]1CC1c1ncnc(N2CCCC2)c1C. The molecule has 0 N–H and O–H groups in total. The molecular weight excluding hydrogens is 234 g/mol. The van der Waals surface area contributed by atoms with Crippen molar-refractivity contribution in [2.24, 2.45) is 5.92 Å². The van der Waals surface area contributed by atoms with E-state index < -0.39 is 0 Å². The molecule has 3 nitrogen and oxygen atoms in total. The van der Waals surface area contributed by atoms with Crippen molar-refractivity contribution >= 4 is 5.82 Å². The molecule has 1 saturated carbocycles. The van der Waals surface area contributed by atoms with Gasteiger partial charge in [0.05, 0.1) is 5.69 Å². The molecule has 1 aromatic rings. The first kappa shape index (κ1) is 12.5. The Morgan fingerprint density at radius 1 is 1.32 bits per heavy atom. The van der Waals surface area contributed by atoms with Crippen LogP contribution in [-0.4, -0.2) is 23.1 Å². The first-order valence-corrected chi connectivity index (χ1v) is 7.27. The minimum absolute atomic E-state index is 0.616. The Morgan fingerprint density at radius 2 is 2.11 bits per heavy atom. The van der Waals surface area contributed by atoms with E-state index in [0.717, 1.165) is 25.3 Å². The van der Waals surface area contributed by atoms with Crippen LogP contribution in [0, 0.1) is 24.7 Å². The molecule has 1 aliphatic heterocycles. The lowest BCUT2D eigenvalue weighted by molar-refractivity contribution is 0.803. The van der Waals surface area contributed by atoms with Crippen molar-refractivity contribution in [2.75, 3.05) is 18.0 Å². The van der Waals surface area contributed by atoms with Crippen molar-refractivity contribution < 1.29 is 0 Å². The Bertz CT molecular complexity index is 521. The quantitative estimate of drug-likeness (QED) is 0.778. The average molecular weight is 255 g/mol. The van der Waals surface area contributed by atoms with E-state index >= 15 is 0 Å². The van der Waals surface area contributed by atoms with E-state index in [0.29, 0.717) is 11.8 Å². The predicted molar refractivity (Wildman–Crippen MR) is 77.1 cm³/mol. The largest absolute Gasteiger partial charge is 0.356 e. The molecule has 0 spiro atoms. The lowest BCUT2D eigenvalue weighted by atomic mass is 10.1. The van der Waals surface area contributed by atoms with Crippen LogP contribution >= 0.6 is 0 Å². The molecule has 100 valence electrons. The standard InChI is InChI=1S/C16H21N3/c1-3-4-7-13-10-14(13)15-12(2)16(18-11-17-15)19-8-5-6-9-19/h11,13-14H,5-10H2,1-2H3/t13-,14?/m0/s1. The van der Waals surface area contributed by atoms with Crippen LogP contribution in [0.3, 0.4) is 0 Å². The van der Waals surface area contributed by atoms with Crippen molar-refractivity contribution in [3.05, 3.63) is 17.6 Å². The van der Waals surface area contributed by atoms with Gasteiger partial charge in [-0.05, 0) is 39.0 Å². The van der Waals surface area contributed by atoms with Crippen LogP contribution in [0.1, 0.15) is 49.8 Å². The van der Waals surface area contributed by atoms with E-state index in [4.69, 9.17) is 0 Å². The summed E-state index contributed by atoms with van der Waals surface area (Å²) in [6.45, 7) is 6.39. The van der Waals surface area contributed by atoms with Crippen LogP contribution in [0.2, 0.25) is 0 Å². The molecule has 1 aliphatic carbocycles. The zero-order valence-electron chi connectivity index (χ0n) is 11.8. The van der Waals surface area contributed by atoms with Gasteiger partial charge >= 0.3 is 0 Å². The molecule has 2 fully saturated rings. The predicted octanol–water partition coefficient (Wildman–Crippen LogP) is 2.90. The van der Waals surface area contributed by atoms with Gasteiger partial charge in [-0.1, -0.05) is 0 Å². The Balaban J connectivity index is 1.79. The van der Waals surface area contributed by atoms with Gasteiger partial charge in [0, 0.05) is 31.0 Å². The van der Waals surface area contributed by atoms with Crippen LogP contribution < -0.4 is 4.90 Å². The molecule has 2 heterocycles. The van der Waals surface area contributed by atoms with Crippen LogP contribution in [0.4, 0.5) is 5.82 Å². The molecule has 1 unspecified atom stereocenters. The molecular formula is C16H21N3. The second-order valence-corrected chi connectivity index (χ2v) is 5.63. The van der Waals surface area contributed by atoms with Gasteiger partial charge in [0.15, 0.2) is 0 Å². The molecule has 0 bridgehead atoms. The minimum Gasteiger partial charge on any atom is -0.356 e. The number of rotatable bonds is 3. The summed E-state index contributed by atoms with van der Waals surface area (Å²) in [6.07, 6.45) is 6.58. The second kappa shape index (κ2) is 5.21. The van der Waals surface area contributed by atoms with Crippen LogP contribution in [-0.2, 0) is 0 Å². The van der Waals surface area contributed by atoms with Crippen LogP contribution in [0.25, 0.3) is 0 Å². The zero-order chi connectivity index (χ0) is 13.2. The number of anilines is 1. The molecule has 1 saturated heterocycles. The number of nitrogens with zero attached hydrogens (tertiary/aromatic N) is 3. The van der Waals surface area contributed by atoms with E-state index in [1.165, 1.54) is 30.5 Å². The Kier molecular flexibility index (Phi) is 3.42. The van der Waals surface area contributed by atoms with Crippen LogP contribution in [0.5, 0.6) is 0 Å². The van der Waals surface area contributed by atoms with Gasteiger partial charge in [-0.3, -0.25) is 0 Å². The number of hydrogen-bond acceptors (Lipinski definition) is 3. The molecule has 3 heteroatoms. The topological polar surface area (TPSA) is 29.0 Å². The van der Waals surface area contributed by atoms with Crippen LogP contribution in [0.15, 0.2) is 6.33 Å². The van der Waals surface area contributed by atoms with E-state index in [2.05, 4.69) is 33.6 Å².